The molecule has 0 heterocycles. The standard InChI is InChI=1S/C15H20N2O2/c16-13-2-1-3-14(9-13)19-5-4-17-15(18)12-7-10-6-11(10)8-12/h1-3,9-12H,4-8,16H2,(H,17,18). The highest BCUT2D eigenvalue weighted by Gasteiger charge is 2.47. The lowest BCUT2D eigenvalue weighted by Crippen LogP contribution is -2.33. The molecule has 4 nitrogen and oxygen atoms in total. The van der Waals surface area contributed by atoms with E-state index in [0.717, 1.165) is 30.4 Å². The quantitative estimate of drug-likeness (QED) is 0.627. The Bertz CT molecular complexity index is 465. The highest BCUT2D eigenvalue weighted by molar-refractivity contribution is 5.79. The Labute approximate surface area is 113 Å². The molecule has 0 radical (unpaired) electrons. The summed E-state index contributed by atoms with van der Waals surface area (Å²) < 4.78 is 5.54. The van der Waals surface area contributed by atoms with Gasteiger partial charge in [-0.15, -0.1) is 0 Å². The average Bonchev–Trinajstić information content (AvgIpc) is 3.01. The number of nitrogen functional groups attached to an aromatic ring is 1. The fourth-order valence-electron chi connectivity index (χ4n) is 3.02. The zero-order valence-electron chi connectivity index (χ0n) is 11.0. The van der Waals surface area contributed by atoms with Crippen LogP contribution in [0.5, 0.6) is 5.75 Å². The van der Waals surface area contributed by atoms with Crippen LogP contribution in [0.1, 0.15) is 19.3 Å². The Morgan fingerprint density at radius 2 is 2.11 bits per heavy atom. The van der Waals surface area contributed by atoms with Crippen molar-refractivity contribution < 1.29 is 9.53 Å². The van der Waals surface area contributed by atoms with Crippen molar-refractivity contribution in [3.63, 3.8) is 0 Å². The van der Waals surface area contributed by atoms with E-state index in [2.05, 4.69) is 5.32 Å². The molecule has 1 amide bonds. The summed E-state index contributed by atoms with van der Waals surface area (Å²) >= 11 is 0. The number of nitrogens with two attached hydrogens (primary N) is 1. The zero-order chi connectivity index (χ0) is 13.2. The molecule has 2 saturated carbocycles. The van der Waals surface area contributed by atoms with Gasteiger partial charge in [0.2, 0.25) is 5.91 Å². The van der Waals surface area contributed by atoms with Gasteiger partial charge in [-0.05, 0) is 43.2 Å². The lowest BCUT2D eigenvalue weighted by Gasteiger charge is -2.12. The predicted molar refractivity (Wildman–Crippen MR) is 73.7 cm³/mol. The van der Waals surface area contributed by atoms with Gasteiger partial charge in [0.15, 0.2) is 0 Å². The number of nitrogens with one attached hydrogen (secondary N) is 1. The second-order valence-corrected chi connectivity index (χ2v) is 5.64. The molecular weight excluding hydrogens is 240 g/mol. The maximum absolute atomic E-state index is 11.9. The highest BCUT2D eigenvalue weighted by atomic mass is 16.5. The first-order chi connectivity index (χ1) is 9.22. The number of anilines is 1. The van der Waals surface area contributed by atoms with Crippen LogP contribution in [0.4, 0.5) is 5.69 Å². The number of hydrogen-bond donors (Lipinski definition) is 2. The van der Waals surface area contributed by atoms with Gasteiger partial charge >= 0.3 is 0 Å². The maximum Gasteiger partial charge on any atom is 0.223 e. The highest BCUT2D eigenvalue weighted by Crippen LogP contribution is 2.54. The monoisotopic (exact) mass is 260 g/mol. The van der Waals surface area contributed by atoms with Crippen molar-refractivity contribution in [3.8, 4) is 5.75 Å². The topological polar surface area (TPSA) is 64.3 Å². The summed E-state index contributed by atoms with van der Waals surface area (Å²) in [7, 11) is 0. The van der Waals surface area contributed by atoms with E-state index >= 15 is 0 Å². The van der Waals surface area contributed by atoms with Gasteiger partial charge in [-0.3, -0.25) is 4.79 Å². The summed E-state index contributed by atoms with van der Waals surface area (Å²) in [5.74, 6) is 2.88. The molecule has 4 heteroatoms. The van der Waals surface area contributed by atoms with Gasteiger partial charge in [0, 0.05) is 17.7 Å². The van der Waals surface area contributed by atoms with Gasteiger partial charge in [-0.25, -0.2) is 0 Å². The van der Waals surface area contributed by atoms with E-state index < -0.39 is 0 Å². The molecule has 2 unspecified atom stereocenters. The van der Waals surface area contributed by atoms with Crippen LogP contribution in [-0.4, -0.2) is 19.1 Å². The molecule has 3 rings (SSSR count). The number of carbonyl (C=O) groups is 1. The minimum absolute atomic E-state index is 0.198. The Hall–Kier alpha value is -1.71. The fraction of sp³-hybridized carbons (Fsp3) is 0.533. The van der Waals surface area contributed by atoms with Gasteiger partial charge in [0.1, 0.15) is 12.4 Å². The summed E-state index contributed by atoms with van der Waals surface area (Å²) in [6.45, 7) is 1.04. The number of fused-ring (bicyclic) bond motifs is 1. The molecule has 1 aromatic rings. The van der Waals surface area contributed by atoms with Gasteiger partial charge in [0.25, 0.3) is 0 Å². The first-order valence-corrected chi connectivity index (χ1v) is 6.98. The lowest BCUT2D eigenvalue weighted by atomic mass is 10.0. The molecule has 0 saturated heterocycles. The minimum atomic E-state index is 0.198. The number of amides is 1. The van der Waals surface area contributed by atoms with Gasteiger partial charge in [-0.1, -0.05) is 6.07 Å². The smallest absolute Gasteiger partial charge is 0.223 e. The minimum Gasteiger partial charge on any atom is -0.492 e. The molecule has 3 N–H and O–H groups in total. The van der Waals surface area contributed by atoms with Gasteiger partial charge < -0.3 is 15.8 Å². The van der Waals surface area contributed by atoms with Crippen LogP contribution < -0.4 is 15.8 Å². The van der Waals surface area contributed by atoms with Crippen LogP contribution in [0.3, 0.4) is 0 Å². The van der Waals surface area contributed by atoms with E-state index in [-0.39, 0.29) is 11.8 Å². The first-order valence-electron chi connectivity index (χ1n) is 6.98. The number of benzene rings is 1. The van der Waals surface area contributed by atoms with E-state index in [1.54, 1.807) is 6.07 Å². The van der Waals surface area contributed by atoms with Crippen molar-refractivity contribution in [3.05, 3.63) is 24.3 Å². The third-order valence-corrected chi connectivity index (χ3v) is 4.14. The molecule has 0 aliphatic heterocycles. The van der Waals surface area contributed by atoms with Crippen LogP contribution in [0.15, 0.2) is 24.3 Å². The van der Waals surface area contributed by atoms with E-state index in [9.17, 15) is 4.79 Å². The molecule has 0 aromatic heterocycles. The molecule has 19 heavy (non-hydrogen) atoms. The van der Waals surface area contributed by atoms with Crippen LogP contribution in [0.2, 0.25) is 0 Å². The second kappa shape index (κ2) is 5.11. The van der Waals surface area contributed by atoms with Crippen molar-refractivity contribution in [2.75, 3.05) is 18.9 Å². The molecular formula is C15H20N2O2. The predicted octanol–water partition coefficient (Wildman–Crippen LogP) is 1.81. The summed E-state index contributed by atoms with van der Waals surface area (Å²) in [5.41, 5.74) is 6.35. The SMILES string of the molecule is Nc1cccc(OCCNC(=O)C2CC3CC3C2)c1. The average molecular weight is 260 g/mol. The lowest BCUT2D eigenvalue weighted by molar-refractivity contribution is -0.125. The molecule has 102 valence electrons. The third-order valence-electron chi connectivity index (χ3n) is 4.14. The molecule has 0 spiro atoms. The Kier molecular flexibility index (Phi) is 3.32. The number of ether oxygens (including phenoxy) is 1. The molecule has 0 bridgehead atoms. The van der Waals surface area contributed by atoms with Crippen molar-refractivity contribution >= 4 is 11.6 Å². The first kappa shape index (κ1) is 12.3. The molecule has 1 aromatic carbocycles. The molecule has 2 aliphatic rings. The number of rotatable bonds is 5. The van der Waals surface area contributed by atoms with Crippen molar-refractivity contribution in [2.24, 2.45) is 17.8 Å². The Balaban J connectivity index is 1.35. The van der Waals surface area contributed by atoms with E-state index in [4.69, 9.17) is 10.5 Å². The fourth-order valence-corrected chi connectivity index (χ4v) is 3.02. The number of carbonyl (C=O) groups excluding carboxylic acids is 1. The van der Waals surface area contributed by atoms with Crippen LogP contribution in [-0.2, 0) is 4.79 Å². The van der Waals surface area contributed by atoms with E-state index in [1.165, 1.54) is 6.42 Å². The van der Waals surface area contributed by atoms with Gasteiger partial charge in [0.05, 0.1) is 6.54 Å². The van der Waals surface area contributed by atoms with Gasteiger partial charge in [-0.2, -0.15) is 0 Å². The molecule has 2 fully saturated rings. The zero-order valence-corrected chi connectivity index (χ0v) is 11.0. The summed E-state index contributed by atoms with van der Waals surface area (Å²) in [6.07, 6.45) is 3.53. The third kappa shape index (κ3) is 3.00. The summed E-state index contributed by atoms with van der Waals surface area (Å²) in [6, 6.07) is 7.32. The summed E-state index contributed by atoms with van der Waals surface area (Å²) in [5, 5.41) is 2.96. The van der Waals surface area contributed by atoms with Crippen molar-refractivity contribution in [2.45, 2.75) is 19.3 Å². The largest absolute Gasteiger partial charge is 0.492 e. The molecule has 2 aliphatic carbocycles. The van der Waals surface area contributed by atoms with Crippen LogP contribution >= 0.6 is 0 Å². The Morgan fingerprint density at radius 1 is 1.32 bits per heavy atom. The maximum atomic E-state index is 11.9. The van der Waals surface area contributed by atoms with Crippen molar-refractivity contribution in [1.82, 2.24) is 5.32 Å². The normalized spacial score (nSPS) is 27.7. The van der Waals surface area contributed by atoms with Crippen molar-refractivity contribution in [1.29, 1.82) is 0 Å². The van der Waals surface area contributed by atoms with E-state index in [1.807, 2.05) is 18.2 Å². The van der Waals surface area contributed by atoms with E-state index in [0.29, 0.717) is 18.8 Å². The number of hydrogen-bond acceptors (Lipinski definition) is 3. The Morgan fingerprint density at radius 3 is 2.84 bits per heavy atom. The molecule has 2 atom stereocenters. The second-order valence-electron chi connectivity index (χ2n) is 5.64. The van der Waals surface area contributed by atoms with Crippen LogP contribution in [0, 0.1) is 17.8 Å². The summed E-state index contributed by atoms with van der Waals surface area (Å²) in [4.78, 5) is 11.9. The van der Waals surface area contributed by atoms with Crippen LogP contribution in [0.25, 0.3) is 0 Å².